The molecule has 0 aromatic carbocycles. The standard InChI is InChI=1S/C10H16ClN3O2/c1-3-14-9(7(11)6-13-14)10(15)8(12)4-5-16-2/h6,8H,3-5,12H2,1-2H3. The van der Waals surface area contributed by atoms with Crippen molar-refractivity contribution >= 4 is 17.4 Å². The third-order valence-electron chi connectivity index (χ3n) is 2.30. The van der Waals surface area contributed by atoms with Crippen molar-refractivity contribution in [2.45, 2.75) is 25.9 Å². The summed E-state index contributed by atoms with van der Waals surface area (Å²) in [4.78, 5) is 12.0. The van der Waals surface area contributed by atoms with Crippen LogP contribution in [0.15, 0.2) is 6.20 Å². The Morgan fingerprint density at radius 2 is 2.44 bits per heavy atom. The highest BCUT2D eigenvalue weighted by Crippen LogP contribution is 2.17. The van der Waals surface area contributed by atoms with Crippen molar-refractivity contribution < 1.29 is 9.53 Å². The second-order valence-electron chi connectivity index (χ2n) is 3.41. The van der Waals surface area contributed by atoms with Crippen LogP contribution in [-0.2, 0) is 11.3 Å². The molecule has 0 saturated carbocycles. The number of nitrogens with two attached hydrogens (primary N) is 1. The fourth-order valence-corrected chi connectivity index (χ4v) is 1.63. The molecule has 1 aromatic heterocycles. The lowest BCUT2D eigenvalue weighted by molar-refractivity contribution is 0.0925. The molecule has 0 aliphatic heterocycles. The summed E-state index contributed by atoms with van der Waals surface area (Å²) >= 11 is 5.91. The highest BCUT2D eigenvalue weighted by Gasteiger charge is 2.22. The van der Waals surface area contributed by atoms with Crippen molar-refractivity contribution in [2.75, 3.05) is 13.7 Å². The first-order chi connectivity index (χ1) is 7.61. The van der Waals surface area contributed by atoms with E-state index in [9.17, 15) is 4.79 Å². The average molecular weight is 246 g/mol. The molecule has 16 heavy (non-hydrogen) atoms. The number of aromatic nitrogens is 2. The zero-order valence-corrected chi connectivity index (χ0v) is 10.2. The molecule has 6 heteroatoms. The third kappa shape index (κ3) is 2.81. The lowest BCUT2D eigenvalue weighted by atomic mass is 10.1. The zero-order chi connectivity index (χ0) is 12.1. The Labute approximate surface area is 99.5 Å². The van der Waals surface area contributed by atoms with Crippen molar-refractivity contribution in [1.29, 1.82) is 0 Å². The van der Waals surface area contributed by atoms with Gasteiger partial charge in [0.05, 0.1) is 17.3 Å². The monoisotopic (exact) mass is 245 g/mol. The van der Waals surface area contributed by atoms with Crippen LogP contribution in [0.4, 0.5) is 0 Å². The number of ketones is 1. The van der Waals surface area contributed by atoms with Crippen LogP contribution >= 0.6 is 11.6 Å². The number of methoxy groups -OCH3 is 1. The zero-order valence-electron chi connectivity index (χ0n) is 9.44. The van der Waals surface area contributed by atoms with Crippen LogP contribution in [0.3, 0.4) is 0 Å². The molecule has 2 N–H and O–H groups in total. The Kier molecular flexibility index (Phi) is 4.92. The van der Waals surface area contributed by atoms with Gasteiger partial charge in [0.2, 0.25) is 0 Å². The number of Topliss-reactive ketones (excluding diaryl/α,β-unsaturated/α-hetero) is 1. The van der Waals surface area contributed by atoms with E-state index in [1.807, 2.05) is 6.92 Å². The normalized spacial score (nSPS) is 12.8. The van der Waals surface area contributed by atoms with Crippen molar-refractivity contribution in [3.63, 3.8) is 0 Å². The van der Waals surface area contributed by atoms with E-state index in [2.05, 4.69) is 5.10 Å². The van der Waals surface area contributed by atoms with E-state index in [0.29, 0.717) is 30.3 Å². The van der Waals surface area contributed by atoms with Gasteiger partial charge in [0.25, 0.3) is 0 Å². The number of halogens is 1. The van der Waals surface area contributed by atoms with Crippen molar-refractivity contribution in [3.8, 4) is 0 Å². The minimum absolute atomic E-state index is 0.193. The first-order valence-corrected chi connectivity index (χ1v) is 5.49. The smallest absolute Gasteiger partial charge is 0.199 e. The van der Waals surface area contributed by atoms with Crippen LogP contribution in [0, 0.1) is 0 Å². The lowest BCUT2D eigenvalue weighted by Crippen LogP contribution is -2.33. The highest BCUT2D eigenvalue weighted by atomic mass is 35.5. The molecule has 1 heterocycles. The van der Waals surface area contributed by atoms with Crippen molar-refractivity contribution in [2.24, 2.45) is 5.73 Å². The molecule has 90 valence electrons. The van der Waals surface area contributed by atoms with Gasteiger partial charge in [-0.25, -0.2) is 0 Å². The van der Waals surface area contributed by atoms with E-state index in [1.54, 1.807) is 11.8 Å². The highest BCUT2D eigenvalue weighted by molar-refractivity contribution is 6.33. The molecule has 0 amide bonds. The van der Waals surface area contributed by atoms with Gasteiger partial charge in [0.15, 0.2) is 5.78 Å². The maximum atomic E-state index is 12.0. The van der Waals surface area contributed by atoms with Crippen LogP contribution in [0.1, 0.15) is 23.8 Å². The number of aryl methyl sites for hydroxylation is 1. The maximum absolute atomic E-state index is 12.0. The van der Waals surface area contributed by atoms with Crippen molar-refractivity contribution in [1.82, 2.24) is 9.78 Å². The molecular weight excluding hydrogens is 230 g/mol. The van der Waals surface area contributed by atoms with Gasteiger partial charge in [0, 0.05) is 20.3 Å². The fraction of sp³-hybridized carbons (Fsp3) is 0.600. The van der Waals surface area contributed by atoms with E-state index in [0.717, 1.165) is 0 Å². The minimum atomic E-state index is -0.598. The van der Waals surface area contributed by atoms with Crippen LogP contribution in [0.25, 0.3) is 0 Å². The number of carbonyl (C=O) groups excluding carboxylic acids is 1. The van der Waals surface area contributed by atoms with Gasteiger partial charge in [-0.1, -0.05) is 11.6 Å². The molecule has 0 aliphatic rings. The molecular formula is C10H16ClN3O2. The van der Waals surface area contributed by atoms with Gasteiger partial charge >= 0.3 is 0 Å². The molecule has 0 radical (unpaired) electrons. The first-order valence-electron chi connectivity index (χ1n) is 5.11. The Balaban J connectivity index is 2.82. The SMILES string of the molecule is CCn1ncc(Cl)c1C(=O)C(N)CCOC. The molecule has 0 fully saturated rings. The van der Waals surface area contributed by atoms with E-state index in [-0.39, 0.29) is 5.78 Å². The molecule has 1 aromatic rings. The third-order valence-corrected chi connectivity index (χ3v) is 2.57. The predicted molar refractivity (Wildman–Crippen MR) is 61.7 cm³/mol. The number of hydrogen-bond donors (Lipinski definition) is 1. The second kappa shape index (κ2) is 5.98. The predicted octanol–water partition coefficient (Wildman–Crippen LogP) is 1.10. The molecule has 1 unspecified atom stereocenters. The summed E-state index contributed by atoms with van der Waals surface area (Å²) in [6, 6.07) is -0.598. The summed E-state index contributed by atoms with van der Waals surface area (Å²) in [5, 5.41) is 4.34. The van der Waals surface area contributed by atoms with Gasteiger partial charge in [-0.3, -0.25) is 9.48 Å². The Hall–Kier alpha value is -0.910. The summed E-state index contributed by atoms with van der Waals surface area (Å²) in [6.07, 6.45) is 1.93. The minimum Gasteiger partial charge on any atom is -0.385 e. The van der Waals surface area contributed by atoms with Gasteiger partial charge in [-0.2, -0.15) is 5.10 Å². The number of rotatable bonds is 6. The average Bonchev–Trinajstić information content (AvgIpc) is 2.66. The van der Waals surface area contributed by atoms with E-state index >= 15 is 0 Å². The maximum Gasteiger partial charge on any atom is 0.199 e. The van der Waals surface area contributed by atoms with Gasteiger partial charge in [-0.05, 0) is 13.3 Å². The van der Waals surface area contributed by atoms with Crippen LogP contribution in [0.5, 0.6) is 0 Å². The topological polar surface area (TPSA) is 70.1 Å². The Morgan fingerprint density at radius 3 is 3.00 bits per heavy atom. The number of hydrogen-bond acceptors (Lipinski definition) is 4. The molecule has 0 aliphatic carbocycles. The molecule has 0 saturated heterocycles. The van der Waals surface area contributed by atoms with E-state index < -0.39 is 6.04 Å². The molecule has 1 rings (SSSR count). The van der Waals surface area contributed by atoms with Gasteiger partial charge in [0.1, 0.15) is 5.69 Å². The second-order valence-corrected chi connectivity index (χ2v) is 3.82. The largest absolute Gasteiger partial charge is 0.385 e. The quantitative estimate of drug-likeness (QED) is 0.762. The molecule has 0 spiro atoms. The number of ether oxygens (including phenoxy) is 1. The molecule has 1 atom stereocenters. The Bertz CT molecular complexity index is 365. The molecule has 0 bridgehead atoms. The van der Waals surface area contributed by atoms with Gasteiger partial charge in [-0.15, -0.1) is 0 Å². The summed E-state index contributed by atoms with van der Waals surface area (Å²) in [5.41, 5.74) is 6.14. The number of nitrogens with zero attached hydrogens (tertiary/aromatic N) is 2. The van der Waals surface area contributed by atoms with Gasteiger partial charge < -0.3 is 10.5 Å². The van der Waals surface area contributed by atoms with Crippen LogP contribution < -0.4 is 5.73 Å². The first kappa shape index (κ1) is 13.2. The summed E-state index contributed by atoms with van der Waals surface area (Å²) in [7, 11) is 1.57. The van der Waals surface area contributed by atoms with Crippen LogP contribution in [-0.4, -0.2) is 35.3 Å². The number of carbonyl (C=O) groups is 1. The summed E-state index contributed by atoms with van der Waals surface area (Å²) in [5.74, 6) is -0.193. The van der Waals surface area contributed by atoms with Crippen LogP contribution in [0.2, 0.25) is 5.02 Å². The van der Waals surface area contributed by atoms with E-state index in [4.69, 9.17) is 22.1 Å². The Morgan fingerprint density at radius 1 is 1.75 bits per heavy atom. The van der Waals surface area contributed by atoms with Crippen molar-refractivity contribution in [3.05, 3.63) is 16.9 Å². The summed E-state index contributed by atoms with van der Waals surface area (Å²) < 4.78 is 6.43. The fourth-order valence-electron chi connectivity index (χ4n) is 1.40. The molecule has 5 nitrogen and oxygen atoms in total. The lowest BCUT2D eigenvalue weighted by Gasteiger charge is -2.11. The van der Waals surface area contributed by atoms with E-state index in [1.165, 1.54) is 6.20 Å². The summed E-state index contributed by atoms with van der Waals surface area (Å²) in [6.45, 7) is 2.93.